The zero-order chi connectivity index (χ0) is 9.80. The first kappa shape index (κ1) is 9.51. The lowest BCUT2D eigenvalue weighted by molar-refractivity contribution is 0.761. The van der Waals surface area contributed by atoms with E-state index in [4.69, 9.17) is 0 Å². The van der Waals surface area contributed by atoms with Gasteiger partial charge in [-0.15, -0.1) is 0 Å². The van der Waals surface area contributed by atoms with Crippen LogP contribution >= 0.6 is 0 Å². The van der Waals surface area contributed by atoms with E-state index in [2.05, 4.69) is 37.3 Å². The van der Waals surface area contributed by atoms with E-state index in [0.717, 1.165) is 6.42 Å². The van der Waals surface area contributed by atoms with Crippen LogP contribution in [-0.4, -0.2) is 0 Å². The van der Waals surface area contributed by atoms with Crippen molar-refractivity contribution in [2.24, 2.45) is 0 Å². The average Bonchev–Trinajstić information content (AvgIpc) is 2.26. The fourth-order valence-electron chi connectivity index (χ4n) is 2.09. The van der Waals surface area contributed by atoms with Crippen LogP contribution in [0.15, 0.2) is 35.9 Å². The molecule has 0 aliphatic heterocycles. The van der Waals surface area contributed by atoms with Crippen LogP contribution in [0.5, 0.6) is 0 Å². The Morgan fingerprint density at radius 1 is 1.14 bits per heavy atom. The minimum absolute atomic E-state index is 1.15. The zero-order valence-corrected chi connectivity index (χ0v) is 8.92. The summed E-state index contributed by atoms with van der Waals surface area (Å²) in [5, 5.41) is 0. The largest absolute Gasteiger partial charge is 0.0806 e. The van der Waals surface area contributed by atoms with Crippen molar-refractivity contribution in [1.29, 1.82) is 0 Å². The van der Waals surface area contributed by atoms with Crippen molar-refractivity contribution in [3.8, 4) is 0 Å². The third-order valence-corrected chi connectivity index (χ3v) is 3.00. The SMILES string of the molecule is CCCCC1=CCc2ccccc2C1. The summed E-state index contributed by atoms with van der Waals surface area (Å²) < 4.78 is 0. The van der Waals surface area contributed by atoms with E-state index in [-0.39, 0.29) is 0 Å². The van der Waals surface area contributed by atoms with Crippen molar-refractivity contribution in [3.63, 3.8) is 0 Å². The molecule has 0 aromatic heterocycles. The number of fused-ring (bicyclic) bond motifs is 1. The molecule has 0 amide bonds. The summed E-state index contributed by atoms with van der Waals surface area (Å²) in [5.41, 5.74) is 4.71. The van der Waals surface area contributed by atoms with Gasteiger partial charge in [0.25, 0.3) is 0 Å². The van der Waals surface area contributed by atoms with E-state index in [1.165, 1.54) is 31.2 Å². The van der Waals surface area contributed by atoms with Crippen LogP contribution in [0.2, 0.25) is 0 Å². The maximum atomic E-state index is 2.43. The van der Waals surface area contributed by atoms with E-state index >= 15 is 0 Å². The van der Waals surface area contributed by atoms with Crippen molar-refractivity contribution >= 4 is 0 Å². The molecule has 0 fully saturated rings. The van der Waals surface area contributed by atoms with Gasteiger partial charge in [0.05, 0.1) is 0 Å². The molecule has 0 saturated heterocycles. The molecule has 0 heterocycles. The highest BCUT2D eigenvalue weighted by Crippen LogP contribution is 2.23. The van der Waals surface area contributed by atoms with Crippen LogP contribution in [0.4, 0.5) is 0 Å². The minimum atomic E-state index is 1.15. The fraction of sp³-hybridized carbons (Fsp3) is 0.429. The Hall–Kier alpha value is -1.04. The first-order valence-electron chi connectivity index (χ1n) is 5.65. The van der Waals surface area contributed by atoms with Gasteiger partial charge in [-0.1, -0.05) is 49.3 Å². The number of rotatable bonds is 3. The van der Waals surface area contributed by atoms with E-state index in [1.807, 2.05) is 0 Å². The second kappa shape index (κ2) is 4.45. The van der Waals surface area contributed by atoms with Gasteiger partial charge >= 0.3 is 0 Å². The van der Waals surface area contributed by atoms with Gasteiger partial charge in [-0.2, -0.15) is 0 Å². The molecule has 1 aliphatic rings. The van der Waals surface area contributed by atoms with E-state index in [9.17, 15) is 0 Å². The Kier molecular flexibility index (Phi) is 3.03. The van der Waals surface area contributed by atoms with Crippen molar-refractivity contribution in [2.75, 3.05) is 0 Å². The van der Waals surface area contributed by atoms with Gasteiger partial charge in [0.2, 0.25) is 0 Å². The second-order valence-electron chi connectivity index (χ2n) is 4.12. The summed E-state index contributed by atoms with van der Waals surface area (Å²) in [7, 11) is 0. The molecular formula is C14H18. The van der Waals surface area contributed by atoms with E-state index in [0.29, 0.717) is 0 Å². The van der Waals surface area contributed by atoms with Gasteiger partial charge in [0.15, 0.2) is 0 Å². The lowest BCUT2D eigenvalue weighted by atomic mass is 9.89. The fourth-order valence-corrected chi connectivity index (χ4v) is 2.09. The first-order chi connectivity index (χ1) is 6.90. The molecule has 0 atom stereocenters. The van der Waals surface area contributed by atoms with Gasteiger partial charge in [-0.25, -0.2) is 0 Å². The van der Waals surface area contributed by atoms with Crippen LogP contribution in [0, 0.1) is 0 Å². The number of benzene rings is 1. The summed E-state index contributed by atoms with van der Waals surface area (Å²) in [6.45, 7) is 2.26. The normalized spacial score (nSPS) is 14.8. The molecule has 0 heteroatoms. The highest BCUT2D eigenvalue weighted by molar-refractivity contribution is 5.36. The molecular weight excluding hydrogens is 168 g/mol. The highest BCUT2D eigenvalue weighted by atomic mass is 14.1. The first-order valence-corrected chi connectivity index (χ1v) is 5.65. The molecule has 0 unspecified atom stereocenters. The maximum Gasteiger partial charge on any atom is -0.00642 e. The summed E-state index contributed by atoms with van der Waals surface area (Å²) >= 11 is 0. The Morgan fingerprint density at radius 3 is 2.71 bits per heavy atom. The van der Waals surface area contributed by atoms with Gasteiger partial charge in [0, 0.05) is 0 Å². The third-order valence-electron chi connectivity index (χ3n) is 3.00. The minimum Gasteiger partial charge on any atom is -0.0806 e. The molecule has 14 heavy (non-hydrogen) atoms. The molecule has 1 aliphatic carbocycles. The second-order valence-corrected chi connectivity index (χ2v) is 4.12. The van der Waals surface area contributed by atoms with Crippen molar-refractivity contribution < 1.29 is 0 Å². The number of hydrogen-bond acceptors (Lipinski definition) is 0. The average molecular weight is 186 g/mol. The topological polar surface area (TPSA) is 0 Å². The van der Waals surface area contributed by atoms with Crippen molar-refractivity contribution in [1.82, 2.24) is 0 Å². The molecule has 0 N–H and O–H groups in total. The van der Waals surface area contributed by atoms with Gasteiger partial charge in [-0.05, 0) is 36.8 Å². The van der Waals surface area contributed by atoms with Crippen LogP contribution in [0.1, 0.15) is 37.3 Å². The molecule has 1 aromatic rings. The van der Waals surface area contributed by atoms with Gasteiger partial charge in [0.1, 0.15) is 0 Å². The Bertz CT molecular complexity index is 334. The summed E-state index contributed by atoms with van der Waals surface area (Å²) in [6, 6.07) is 8.82. The van der Waals surface area contributed by atoms with Crippen molar-refractivity contribution in [2.45, 2.75) is 39.0 Å². The summed E-state index contributed by atoms with van der Waals surface area (Å²) in [6.07, 6.45) is 8.71. The number of unbranched alkanes of at least 4 members (excludes halogenated alkanes) is 1. The predicted octanol–water partition coefficient (Wildman–Crippen LogP) is 3.90. The quantitative estimate of drug-likeness (QED) is 0.628. The molecule has 0 saturated carbocycles. The van der Waals surface area contributed by atoms with Crippen LogP contribution in [-0.2, 0) is 12.8 Å². The molecule has 74 valence electrons. The number of hydrogen-bond donors (Lipinski definition) is 0. The molecule has 2 rings (SSSR count). The van der Waals surface area contributed by atoms with Gasteiger partial charge < -0.3 is 0 Å². The highest BCUT2D eigenvalue weighted by Gasteiger charge is 2.09. The molecule has 0 bridgehead atoms. The third kappa shape index (κ3) is 2.06. The van der Waals surface area contributed by atoms with Crippen LogP contribution in [0.3, 0.4) is 0 Å². The Morgan fingerprint density at radius 2 is 1.93 bits per heavy atom. The molecule has 1 aromatic carbocycles. The lowest BCUT2D eigenvalue weighted by Gasteiger charge is -2.16. The monoisotopic (exact) mass is 186 g/mol. The van der Waals surface area contributed by atoms with E-state index in [1.54, 1.807) is 11.1 Å². The maximum absolute atomic E-state index is 2.43. The Labute approximate surface area is 86.7 Å². The standard InChI is InChI=1S/C14H18/c1-2-3-6-12-9-10-13-7-4-5-8-14(13)11-12/h4-5,7-9H,2-3,6,10-11H2,1H3. The predicted molar refractivity (Wildman–Crippen MR) is 61.5 cm³/mol. The lowest BCUT2D eigenvalue weighted by Crippen LogP contribution is -2.02. The van der Waals surface area contributed by atoms with E-state index < -0.39 is 0 Å². The number of allylic oxidation sites excluding steroid dienone is 2. The summed E-state index contributed by atoms with van der Waals surface area (Å²) in [4.78, 5) is 0. The summed E-state index contributed by atoms with van der Waals surface area (Å²) in [5.74, 6) is 0. The molecule has 0 spiro atoms. The van der Waals surface area contributed by atoms with Gasteiger partial charge in [-0.3, -0.25) is 0 Å². The van der Waals surface area contributed by atoms with Crippen molar-refractivity contribution in [3.05, 3.63) is 47.0 Å². The zero-order valence-electron chi connectivity index (χ0n) is 8.92. The Balaban J connectivity index is 2.05. The smallest absolute Gasteiger partial charge is 0.00642 e. The van der Waals surface area contributed by atoms with Crippen LogP contribution < -0.4 is 0 Å². The molecule has 0 nitrogen and oxygen atoms in total. The molecule has 0 radical (unpaired) electrons. The van der Waals surface area contributed by atoms with Crippen LogP contribution in [0.25, 0.3) is 0 Å².